The zero-order chi connectivity index (χ0) is 20.1. The van der Waals surface area contributed by atoms with Crippen LogP contribution in [-0.2, 0) is 17.6 Å². The molecule has 3 rings (SSSR count). The second-order valence-electron chi connectivity index (χ2n) is 6.87. The number of hydrogen-bond donors (Lipinski definition) is 2. The Morgan fingerprint density at radius 2 is 1.89 bits per heavy atom. The van der Waals surface area contributed by atoms with Gasteiger partial charge in [-0.05, 0) is 61.4 Å². The van der Waals surface area contributed by atoms with Crippen LogP contribution in [0.3, 0.4) is 0 Å². The van der Waals surface area contributed by atoms with Crippen molar-refractivity contribution in [1.82, 2.24) is 5.32 Å². The fraction of sp³-hybridized carbons (Fsp3) is 0.273. The second-order valence-corrected chi connectivity index (χ2v) is 6.87. The van der Waals surface area contributed by atoms with Crippen LogP contribution in [0.2, 0.25) is 0 Å². The van der Waals surface area contributed by atoms with Gasteiger partial charge in [0.1, 0.15) is 23.3 Å². The molecule has 0 saturated heterocycles. The Morgan fingerprint density at radius 3 is 2.64 bits per heavy atom. The number of fused-ring (bicyclic) bond motifs is 1. The van der Waals surface area contributed by atoms with Crippen molar-refractivity contribution in [3.63, 3.8) is 0 Å². The van der Waals surface area contributed by atoms with Gasteiger partial charge in [0.25, 0.3) is 5.91 Å². The Balaban J connectivity index is 1.69. The van der Waals surface area contributed by atoms with E-state index < -0.39 is 17.5 Å². The largest absolute Gasteiger partial charge is 0.358 e. The van der Waals surface area contributed by atoms with Crippen LogP contribution in [0.4, 0.5) is 14.5 Å². The summed E-state index contributed by atoms with van der Waals surface area (Å²) >= 11 is 0. The van der Waals surface area contributed by atoms with Gasteiger partial charge in [-0.15, -0.1) is 0 Å². The Labute approximate surface area is 162 Å². The van der Waals surface area contributed by atoms with Crippen molar-refractivity contribution in [2.45, 2.75) is 38.6 Å². The molecule has 1 amide bonds. The van der Waals surface area contributed by atoms with Crippen molar-refractivity contribution in [3.05, 3.63) is 76.5 Å². The molecule has 0 aliphatic heterocycles. The molecule has 2 aromatic carbocycles. The Bertz CT molecular complexity index is 963. The van der Waals surface area contributed by atoms with Crippen molar-refractivity contribution in [3.8, 4) is 6.07 Å². The van der Waals surface area contributed by atoms with E-state index >= 15 is 0 Å². The molecule has 144 valence electrons. The van der Waals surface area contributed by atoms with Crippen LogP contribution in [0.25, 0.3) is 0 Å². The minimum Gasteiger partial charge on any atom is -0.358 e. The van der Waals surface area contributed by atoms with Gasteiger partial charge >= 0.3 is 0 Å². The average molecular weight is 381 g/mol. The molecule has 1 aliphatic carbocycles. The first-order valence-electron chi connectivity index (χ1n) is 9.22. The monoisotopic (exact) mass is 381 g/mol. The molecule has 2 aromatic rings. The Morgan fingerprint density at radius 1 is 1.14 bits per heavy atom. The number of nitrogens with one attached hydrogen (secondary N) is 2. The zero-order valence-corrected chi connectivity index (χ0v) is 15.6. The summed E-state index contributed by atoms with van der Waals surface area (Å²) in [6, 6.07) is 10.6. The highest BCUT2D eigenvalue weighted by Crippen LogP contribution is 2.25. The van der Waals surface area contributed by atoms with E-state index in [0.717, 1.165) is 42.8 Å². The van der Waals surface area contributed by atoms with Crippen LogP contribution >= 0.6 is 0 Å². The maximum atomic E-state index is 13.7. The number of nitriles is 1. The van der Waals surface area contributed by atoms with Crippen molar-refractivity contribution in [2.24, 2.45) is 0 Å². The van der Waals surface area contributed by atoms with Crippen molar-refractivity contribution in [2.75, 3.05) is 5.32 Å². The Hall–Kier alpha value is -3.20. The lowest BCUT2D eigenvalue weighted by Crippen LogP contribution is -2.28. The molecule has 1 atom stereocenters. The molecule has 0 heterocycles. The maximum absolute atomic E-state index is 13.7. The molecule has 1 aliphatic rings. The van der Waals surface area contributed by atoms with E-state index in [2.05, 4.69) is 22.8 Å². The van der Waals surface area contributed by atoms with Gasteiger partial charge in [0.2, 0.25) is 0 Å². The molecule has 6 heteroatoms. The van der Waals surface area contributed by atoms with Crippen LogP contribution in [-0.4, -0.2) is 5.91 Å². The molecule has 0 spiro atoms. The van der Waals surface area contributed by atoms with Gasteiger partial charge in [0.05, 0.1) is 11.7 Å². The maximum Gasteiger partial charge on any atom is 0.263 e. The highest BCUT2D eigenvalue weighted by molar-refractivity contribution is 5.97. The van der Waals surface area contributed by atoms with Crippen LogP contribution in [0.5, 0.6) is 0 Å². The minimum absolute atomic E-state index is 0.150. The molecule has 0 aromatic heterocycles. The standard InChI is InChI=1S/C22H21F2N3O/c1-14(16-7-6-15-4-2-3-5-17(15)10-16)27-22(28)18(12-25)13-26-21-11-19(23)8-9-20(21)24/h6-11,13-14,26H,2-5H2,1H3,(H,27,28)/b18-13-. The smallest absolute Gasteiger partial charge is 0.263 e. The number of halogens is 2. The van der Waals surface area contributed by atoms with Gasteiger partial charge < -0.3 is 10.6 Å². The van der Waals surface area contributed by atoms with Gasteiger partial charge in [-0.1, -0.05) is 18.2 Å². The quantitative estimate of drug-likeness (QED) is 0.590. The highest BCUT2D eigenvalue weighted by Gasteiger charge is 2.16. The van der Waals surface area contributed by atoms with E-state index in [1.807, 2.05) is 13.0 Å². The lowest BCUT2D eigenvalue weighted by molar-refractivity contribution is -0.117. The third-order valence-electron chi connectivity index (χ3n) is 4.89. The summed E-state index contributed by atoms with van der Waals surface area (Å²) in [6.45, 7) is 1.84. The number of carbonyl (C=O) groups excluding carboxylic acids is 1. The summed E-state index contributed by atoms with van der Waals surface area (Å²) in [6.07, 6.45) is 5.57. The van der Waals surface area contributed by atoms with Gasteiger partial charge in [-0.3, -0.25) is 4.79 Å². The minimum atomic E-state index is -0.683. The number of benzene rings is 2. The van der Waals surface area contributed by atoms with Crippen molar-refractivity contribution < 1.29 is 13.6 Å². The first-order valence-corrected chi connectivity index (χ1v) is 9.22. The molecule has 2 N–H and O–H groups in total. The number of anilines is 1. The first-order chi connectivity index (χ1) is 13.5. The van der Waals surface area contributed by atoms with E-state index in [0.29, 0.717) is 0 Å². The molecular formula is C22H21F2N3O. The van der Waals surface area contributed by atoms with Crippen LogP contribution in [0, 0.1) is 23.0 Å². The SMILES string of the molecule is CC(NC(=O)/C(C#N)=C\Nc1cc(F)ccc1F)c1ccc2c(c1)CCCC2. The highest BCUT2D eigenvalue weighted by atomic mass is 19.1. The topological polar surface area (TPSA) is 64.9 Å². The predicted molar refractivity (Wildman–Crippen MR) is 103 cm³/mol. The summed E-state index contributed by atoms with van der Waals surface area (Å²) in [5.74, 6) is -1.89. The molecule has 0 radical (unpaired) electrons. The lowest BCUT2D eigenvalue weighted by atomic mass is 9.89. The van der Waals surface area contributed by atoms with Gasteiger partial charge in [-0.25, -0.2) is 8.78 Å². The number of amides is 1. The summed E-state index contributed by atoms with van der Waals surface area (Å²) < 4.78 is 26.9. The summed E-state index contributed by atoms with van der Waals surface area (Å²) in [5.41, 5.74) is 3.25. The molecule has 0 bridgehead atoms. The zero-order valence-electron chi connectivity index (χ0n) is 15.6. The fourth-order valence-electron chi connectivity index (χ4n) is 3.29. The Kier molecular flexibility index (Phi) is 6.05. The van der Waals surface area contributed by atoms with E-state index in [1.165, 1.54) is 24.0 Å². The normalized spacial score (nSPS) is 14.6. The third kappa shape index (κ3) is 4.55. The van der Waals surface area contributed by atoms with E-state index in [9.17, 15) is 18.8 Å². The van der Waals surface area contributed by atoms with Crippen LogP contribution in [0.15, 0.2) is 48.2 Å². The first kappa shape index (κ1) is 19.6. The van der Waals surface area contributed by atoms with Crippen LogP contribution < -0.4 is 10.6 Å². The van der Waals surface area contributed by atoms with E-state index in [4.69, 9.17) is 0 Å². The molecule has 4 nitrogen and oxygen atoms in total. The predicted octanol–water partition coefficient (Wildman–Crippen LogP) is 4.54. The summed E-state index contributed by atoms with van der Waals surface area (Å²) in [5, 5.41) is 14.5. The number of aryl methyl sites for hydroxylation is 2. The average Bonchev–Trinajstić information content (AvgIpc) is 2.70. The van der Waals surface area contributed by atoms with Crippen molar-refractivity contribution >= 4 is 11.6 Å². The molecular weight excluding hydrogens is 360 g/mol. The summed E-state index contributed by atoms with van der Waals surface area (Å²) in [7, 11) is 0. The number of carbonyl (C=O) groups is 1. The lowest BCUT2D eigenvalue weighted by Gasteiger charge is -2.20. The van der Waals surface area contributed by atoms with Gasteiger partial charge in [0.15, 0.2) is 0 Å². The van der Waals surface area contributed by atoms with E-state index in [1.54, 1.807) is 6.07 Å². The second kappa shape index (κ2) is 8.66. The fourth-order valence-corrected chi connectivity index (χ4v) is 3.29. The summed E-state index contributed by atoms with van der Waals surface area (Å²) in [4.78, 5) is 12.4. The van der Waals surface area contributed by atoms with Gasteiger partial charge in [0, 0.05) is 12.3 Å². The third-order valence-corrected chi connectivity index (χ3v) is 4.89. The number of nitrogens with zero attached hydrogens (tertiary/aromatic N) is 1. The van der Waals surface area contributed by atoms with E-state index in [-0.39, 0.29) is 17.3 Å². The number of rotatable bonds is 5. The molecule has 0 saturated carbocycles. The van der Waals surface area contributed by atoms with Crippen LogP contribution in [0.1, 0.15) is 42.5 Å². The molecule has 1 unspecified atom stereocenters. The van der Waals surface area contributed by atoms with Crippen molar-refractivity contribution in [1.29, 1.82) is 5.26 Å². The number of hydrogen-bond acceptors (Lipinski definition) is 3. The molecule has 28 heavy (non-hydrogen) atoms. The van der Waals surface area contributed by atoms with Gasteiger partial charge in [-0.2, -0.15) is 5.26 Å². The molecule has 0 fully saturated rings.